The number of carbonyl (C=O) groups excluding carboxylic acids is 2. The maximum Gasteiger partial charge on any atom is 0.293 e. The third kappa shape index (κ3) is 3.86. The van der Waals surface area contributed by atoms with Crippen LogP contribution in [0.3, 0.4) is 0 Å². The van der Waals surface area contributed by atoms with Gasteiger partial charge in [0.1, 0.15) is 18.1 Å². The highest BCUT2D eigenvalue weighted by atomic mass is 79.9. The zero-order chi connectivity index (χ0) is 16.2. The average Bonchev–Trinajstić information content (AvgIpc) is 3.13. The van der Waals surface area contributed by atoms with E-state index in [1.165, 1.54) is 11.2 Å². The molecule has 3 rings (SSSR count). The number of hydrogen-bond donors (Lipinski definition) is 0. The van der Waals surface area contributed by atoms with Crippen molar-refractivity contribution in [2.45, 2.75) is 0 Å². The minimum atomic E-state index is -0.323. The minimum Gasteiger partial charge on any atom is -0.492 e. The second-order valence-corrected chi connectivity index (χ2v) is 6.56. The van der Waals surface area contributed by atoms with Gasteiger partial charge in [0.05, 0.1) is 17.7 Å². The summed E-state index contributed by atoms with van der Waals surface area (Å²) in [5.74, 6) is 0.906. The lowest BCUT2D eigenvalue weighted by molar-refractivity contribution is -0.123. The fourth-order valence-electron chi connectivity index (χ4n) is 1.98. The number of amides is 2. The maximum atomic E-state index is 12.2. The van der Waals surface area contributed by atoms with E-state index < -0.39 is 0 Å². The first-order valence-corrected chi connectivity index (χ1v) is 8.42. The molecule has 0 unspecified atom stereocenters. The van der Waals surface area contributed by atoms with Gasteiger partial charge >= 0.3 is 0 Å². The first kappa shape index (κ1) is 15.9. The van der Waals surface area contributed by atoms with E-state index in [4.69, 9.17) is 9.15 Å². The van der Waals surface area contributed by atoms with Crippen LogP contribution in [0.25, 0.3) is 6.08 Å². The summed E-state index contributed by atoms with van der Waals surface area (Å²) in [6.45, 7) is 0.448. The Hall–Kier alpha value is -1.99. The van der Waals surface area contributed by atoms with Crippen LogP contribution in [0.5, 0.6) is 5.75 Å². The SMILES string of the molecule is O=C1S/C(=C\c2ccco2)C(=O)N1CCOc1ccc(Br)cc1. The molecule has 118 valence electrons. The van der Waals surface area contributed by atoms with Gasteiger partial charge in [0, 0.05) is 10.5 Å². The molecule has 0 radical (unpaired) electrons. The Labute approximate surface area is 145 Å². The van der Waals surface area contributed by atoms with E-state index in [2.05, 4.69) is 15.9 Å². The molecule has 0 aliphatic carbocycles. The lowest BCUT2D eigenvalue weighted by Gasteiger charge is -2.13. The Morgan fingerprint density at radius 2 is 2.00 bits per heavy atom. The number of thioether (sulfide) groups is 1. The van der Waals surface area contributed by atoms with E-state index >= 15 is 0 Å². The van der Waals surface area contributed by atoms with Gasteiger partial charge in [0.15, 0.2) is 0 Å². The van der Waals surface area contributed by atoms with Gasteiger partial charge in [-0.1, -0.05) is 15.9 Å². The van der Waals surface area contributed by atoms with Crippen LogP contribution in [0, 0.1) is 0 Å². The molecule has 1 aromatic carbocycles. The van der Waals surface area contributed by atoms with Gasteiger partial charge in [0.2, 0.25) is 0 Å². The molecule has 1 aliphatic heterocycles. The summed E-state index contributed by atoms with van der Waals surface area (Å²) < 4.78 is 11.7. The van der Waals surface area contributed by atoms with Crippen LogP contribution in [-0.2, 0) is 4.79 Å². The van der Waals surface area contributed by atoms with Gasteiger partial charge in [-0.25, -0.2) is 0 Å². The predicted molar refractivity (Wildman–Crippen MR) is 91.0 cm³/mol. The normalized spacial score (nSPS) is 16.4. The van der Waals surface area contributed by atoms with Crippen molar-refractivity contribution in [2.24, 2.45) is 0 Å². The molecule has 7 heteroatoms. The van der Waals surface area contributed by atoms with Crippen LogP contribution in [0.4, 0.5) is 4.79 Å². The van der Waals surface area contributed by atoms with E-state index in [0.717, 1.165) is 16.2 Å². The lowest BCUT2D eigenvalue weighted by Crippen LogP contribution is -2.32. The van der Waals surface area contributed by atoms with E-state index in [1.54, 1.807) is 18.2 Å². The molecule has 1 fully saturated rings. The number of nitrogens with zero attached hydrogens (tertiary/aromatic N) is 1. The predicted octanol–water partition coefficient (Wildman–Crippen LogP) is 4.16. The van der Waals surface area contributed by atoms with Crippen molar-refractivity contribution in [1.82, 2.24) is 4.90 Å². The fraction of sp³-hybridized carbons (Fsp3) is 0.125. The molecule has 23 heavy (non-hydrogen) atoms. The van der Waals surface area contributed by atoms with Crippen LogP contribution in [0.2, 0.25) is 0 Å². The van der Waals surface area contributed by atoms with Gasteiger partial charge in [-0.3, -0.25) is 14.5 Å². The summed E-state index contributed by atoms with van der Waals surface area (Å²) in [6.07, 6.45) is 3.09. The van der Waals surface area contributed by atoms with Crippen LogP contribution < -0.4 is 4.74 Å². The number of furan rings is 1. The molecular formula is C16H12BrNO4S. The summed E-state index contributed by atoms with van der Waals surface area (Å²) in [5, 5.41) is -0.299. The van der Waals surface area contributed by atoms with Crippen LogP contribution >= 0.6 is 27.7 Å². The van der Waals surface area contributed by atoms with Crippen LogP contribution in [-0.4, -0.2) is 29.2 Å². The highest BCUT2D eigenvalue weighted by Gasteiger charge is 2.34. The number of halogens is 1. The average molecular weight is 394 g/mol. The standard InChI is InChI=1S/C16H12BrNO4S/c17-11-3-5-12(6-4-11)22-9-7-18-15(19)14(23-16(18)20)10-13-2-1-8-21-13/h1-6,8,10H,7,9H2/b14-10-. The summed E-state index contributed by atoms with van der Waals surface area (Å²) in [5.41, 5.74) is 0. The first-order valence-electron chi connectivity index (χ1n) is 6.81. The summed E-state index contributed by atoms with van der Waals surface area (Å²) in [7, 11) is 0. The Morgan fingerprint density at radius 3 is 2.70 bits per heavy atom. The maximum absolute atomic E-state index is 12.2. The van der Waals surface area contributed by atoms with Gasteiger partial charge < -0.3 is 9.15 Å². The third-order valence-corrected chi connectivity index (χ3v) is 4.52. The van der Waals surface area contributed by atoms with E-state index in [-0.39, 0.29) is 24.3 Å². The Kier molecular flexibility index (Phi) is 4.88. The summed E-state index contributed by atoms with van der Waals surface area (Å²) in [6, 6.07) is 10.8. The van der Waals surface area contributed by atoms with Crippen LogP contribution in [0.1, 0.15) is 5.76 Å². The van der Waals surface area contributed by atoms with Gasteiger partial charge in [-0.05, 0) is 48.2 Å². The zero-order valence-electron chi connectivity index (χ0n) is 11.9. The topological polar surface area (TPSA) is 59.8 Å². The largest absolute Gasteiger partial charge is 0.492 e. The Morgan fingerprint density at radius 1 is 1.22 bits per heavy atom. The monoisotopic (exact) mass is 393 g/mol. The number of imide groups is 1. The molecule has 2 aromatic rings. The Balaban J connectivity index is 1.59. The van der Waals surface area contributed by atoms with Crippen molar-refractivity contribution in [3.63, 3.8) is 0 Å². The van der Waals surface area contributed by atoms with Gasteiger partial charge in [-0.15, -0.1) is 0 Å². The quantitative estimate of drug-likeness (QED) is 0.713. The highest BCUT2D eigenvalue weighted by molar-refractivity contribution is 9.10. The molecule has 2 amide bonds. The summed E-state index contributed by atoms with van der Waals surface area (Å²) in [4.78, 5) is 25.7. The van der Waals surface area contributed by atoms with Crippen molar-refractivity contribution >= 4 is 44.9 Å². The second-order valence-electron chi connectivity index (χ2n) is 4.65. The molecule has 0 N–H and O–H groups in total. The number of carbonyl (C=O) groups is 2. The minimum absolute atomic E-state index is 0.205. The van der Waals surface area contributed by atoms with E-state index in [1.807, 2.05) is 24.3 Å². The summed E-state index contributed by atoms with van der Waals surface area (Å²) >= 11 is 4.25. The highest BCUT2D eigenvalue weighted by Crippen LogP contribution is 2.32. The van der Waals surface area contributed by atoms with Crippen molar-refractivity contribution in [3.05, 3.63) is 57.8 Å². The molecular weight excluding hydrogens is 382 g/mol. The fourth-order valence-corrected chi connectivity index (χ4v) is 3.09. The molecule has 1 aliphatic rings. The molecule has 2 heterocycles. The third-order valence-electron chi connectivity index (χ3n) is 3.09. The molecule has 0 bridgehead atoms. The van der Waals surface area contributed by atoms with Crippen molar-refractivity contribution in [3.8, 4) is 5.75 Å². The van der Waals surface area contributed by atoms with E-state index in [0.29, 0.717) is 16.4 Å². The van der Waals surface area contributed by atoms with Crippen molar-refractivity contribution in [1.29, 1.82) is 0 Å². The number of rotatable bonds is 5. The number of hydrogen-bond acceptors (Lipinski definition) is 5. The van der Waals surface area contributed by atoms with E-state index in [9.17, 15) is 9.59 Å². The number of ether oxygens (including phenoxy) is 1. The zero-order valence-corrected chi connectivity index (χ0v) is 14.3. The van der Waals surface area contributed by atoms with Crippen LogP contribution in [0.15, 0.2) is 56.5 Å². The smallest absolute Gasteiger partial charge is 0.293 e. The Bertz CT molecular complexity index is 740. The lowest BCUT2D eigenvalue weighted by atomic mass is 10.3. The van der Waals surface area contributed by atoms with Crippen molar-refractivity contribution in [2.75, 3.05) is 13.2 Å². The van der Waals surface area contributed by atoms with Crippen molar-refractivity contribution < 1.29 is 18.7 Å². The van der Waals surface area contributed by atoms with Gasteiger partial charge in [-0.2, -0.15) is 0 Å². The molecule has 0 saturated carbocycles. The second kappa shape index (κ2) is 7.06. The molecule has 0 spiro atoms. The number of benzene rings is 1. The molecule has 1 aromatic heterocycles. The molecule has 1 saturated heterocycles. The molecule has 0 atom stereocenters. The van der Waals surface area contributed by atoms with Gasteiger partial charge in [0.25, 0.3) is 11.1 Å². The first-order chi connectivity index (χ1) is 11.1. The molecule has 5 nitrogen and oxygen atoms in total.